The number of hydrogen-bond acceptors (Lipinski definition) is 14. The first-order valence-electron chi connectivity index (χ1n) is 9.58. The molecular formula is C20H14N4O12. The number of fused-ring (bicyclic) bond motifs is 8. The van der Waals surface area contributed by atoms with E-state index in [1.165, 1.54) is 0 Å². The van der Waals surface area contributed by atoms with Crippen LogP contribution in [0.25, 0.3) is 45.1 Å². The number of hydrogen-bond donors (Lipinski definition) is 14. The Bertz CT molecular complexity index is 1520. The molecule has 16 heteroatoms. The average molecular weight is 502 g/mol. The van der Waals surface area contributed by atoms with Gasteiger partial charge in [0.05, 0.1) is 0 Å². The first-order chi connectivity index (χ1) is 16.9. The Hall–Kier alpha value is -5.80. The highest BCUT2D eigenvalue weighted by molar-refractivity contribution is 5.98. The summed E-state index contributed by atoms with van der Waals surface area (Å²) in [5, 5.41) is 125. The topological polar surface area (TPSA) is 300 Å². The maximum absolute atomic E-state index is 10.6. The third kappa shape index (κ3) is 2.56. The molecule has 8 bridgehead atoms. The van der Waals surface area contributed by atoms with Crippen LogP contribution in [0.15, 0.2) is 0 Å². The van der Waals surface area contributed by atoms with Gasteiger partial charge in [-0.3, -0.25) is 0 Å². The van der Waals surface area contributed by atoms with E-state index in [1.807, 2.05) is 0 Å². The number of aliphatic hydroxyl groups excluding tert-OH is 4. The van der Waals surface area contributed by atoms with Gasteiger partial charge in [-0.25, -0.2) is 9.97 Å². The lowest BCUT2D eigenvalue weighted by Gasteiger charge is -1.97. The number of aliphatic hydroxyl groups is 4. The molecule has 0 radical (unpaired) electrons. The Morgan fingerprint density at radius 3 is 0.694 bits per heavy atom. The summed E-state index contributed by atoms with van der Waals surface area (Å²) in [6, 6.07) is 0. The van der Waals surface area contributed by atoms with Gasteiger partial charge in [0.25, 0.3) is 0 Å². The molecule has 0 atom stereocenters. The molecule has 5 rings (SSSR count). The highest BCUT2D eigenvalue weighted by Crippen LogP contribution is 2.49. The minimum atomic E-state index is -1.13. The number of H-pyrrole nitrogens is 2. The fourth-order valence-corrected chi connectivity index (χ4v) is 3.66. The van der Waals surface area contributed by atoms with Crippen molar-refractivity contribution in [3.8, 4) is 46.0 Å². The summed E-state index contributed by atoms with van der Waals surface area (Å²) < 4.78 is 0. The van der Waals surface area contributed by atoms with Gasteiger partial charge in [0.15, 0.2) is 91.8 Å². The molecule has 0 aromatic carbocycles. The van der Waals surface area contributed by atoms with E-state index >= 15 is 0 Å². The second-order valence-electron chi connectivity index (χ2n) is 7.55. The van der Waals surface area contributed by atoms with E-state index in [2.05, 4.69) is 19.9 Å². The van der Waals surface area contributed by atoms with Gasteiger partial charge >= 0.3 is 0 Å². The van der Waals surface area contributed by atoms with Gasteiger partial charge in [-0.1, -0.05) is 0 Å². The minimum absolute atomic E-state index is 0.771. The molecule has 5 heterocycles. The Morgan fingerprint density at radius 1 is 0.306 bits per heavy atom. The van der Waals surface area contributed by atoms with Crippen molar-refractivity contribution < 1.29 is 61.3 Å². The lowest BCUT2D eigenvalue weighted by Crippen LogP contribution is -1.84. The van der Waals surface area contributed by atoms with E-state index in [4.69, 9.17) is 0 Å². The zero-order chi connectivity index (χ0) is 26.4. The third-order valence-electron chi connectivity index (χ3n) is 5.53. The second-order valence-corrected chi connectivity index (χ2v) is 7.55. The molecule has 2 aliphatic rings. The molecule has 0 saturated carbocycles. The van der Waals surface area contributed by atoms with Crippen molar-refractivity contribution >= 4 is 45.1 Å². The van der Waals surface area contributed by atoms with Crippen LogP contribution in [0, 0.1) is 0 Å². The summed E-state index contributed by atoms with van der Waals surface area (Å²) in [7, 11) is 0. The van der Waals surface area contributed by atoms with E-state index in [1.54, 1.807) is 0 Å². The number of aromatic hydroxyl groups is 8. The quantitative estimate of drug-likeness (QED) is 0.209. The SMILES string of the molecule is OC1=C(O)c2nc1c(O)c1[nH]c(c(O)c3nc(c(O)c4[nH]c(c2O)c(O)c4O)C(O)=C3O)c(O)c1O. The molecule has 3 aromatic heterocycles. The number of aromatic amines is 2. The van der Waals surface area contributed by atoms with Crippen LogP contribution < -0.4 is 0 Å². The Morgan fingerprint density at radius 2 is 0.500 bits per heavy atom. The van der Waals surface area contributed by atoms with E-state index in [9.17, 15) is 61.3 Å². The van der Waals surface area contributed by atoms with Crippen LogP contribution in [0.5, 0.6) is 46.0 Å². The normalized spacial score (nSPS) is 13.6. The molecule has 36 heavy (non-hydrogen) atoms. The zero-order valence-corrected chi connectivity index (χ0v) is 17.3. The predicted octanol–water partition coefficient (Wildman–Crippen LogP) is 1.84. The van der Waals surface area contributed by atoms with Crippen molar-refractivity contribution in [1.29, 1.82) is 0 Å². The zero-order valence-electron chi connectivity index (χ0n) is 17.3. The molecule has 0 aliphatic carbocycles. The van der Waals surface area contributed by atoms with E-state index in [-0.39, 0.29) is 0 Å². The minimum Gasteiger partial charge on any atom is -0.504 e. The Kier molecular flexibility index (Phi) is 4.19. The fourth-order valence-electron chi connectivity index (χ4n) is 3.66. The summed E-state index contributed by atoms with van der Waals surface area (Å²) in [5.41, 5.74) is -6.52. The van der Waals surface area contributed by atoms with Crippen molar-refractivity contribution in [1.82, 2.24) is 19.9 Å². The fraction of sp³-hybridized carbons (Fsp3) is 0. The Labute approximate surface area is 195 Å². The van der Waals surface area contributed by atoms with Crippen LogP contribution in [-0.2, 0) is 0 Å². The van der Waals surface area contributed by atoms with E-state index < -0.39 is 114 Å². The smallest absolute Gasteiger partial charge is 0.190 e. The van der Waals surface area contributed by atoms with Crippen LogP contribution in [0.1, 0.15) is 22.8 Å². The molecule has 14 N–H and O–H groups in total. The molecular weight excluding hydrogens is 488 g/mol. The summed E-state index contributed by atoms with van der Waals surface area (Å²) in [6.07, 6.45) is 0. The van der Waals surface area contributed by atoms with Gasteiger partial charge in [-0.05, 0) is 0 Å². The van der Waals surface area contributed by atoms with Gasteiger partial charge in [0.2, 0.25) is 0 Å². The Balaban J connectivity index is 2.13. The first-order valence-corrected chi connectivity index (χ1v) is 9.58. The largest absolute Gasteiger partial charge is 0.504 e. The highest BCUT2D eigenvalue weighted by Gasteiger charge is 2.32. The first kappa shape index (κ1) is 22.0. The van der Waals surface area contributed by atoms with Crippen LogP contribution in [0.3, 0.4) is 0 Å². The molecule has 0 unspecified atom stereocenters. The third-order valence-corrected chi connectivity index (χ3v) is 5.53. The van der Waals surface area contributed by atoms with Crippen LogP contribution >= 0.6 is 0 Å². The summed E-state index contributed by atoms with van der Waals surface area (Å²) >= 11 is 0. The summed E-state index contributed by atoms with van der Waals surface area (Å²) in [4.78, 5) is 11.7. The van der Waals surface area contributed by atoms with Gasteiger partial charge in [-0.2, -0.15) is 0 Å². The molecule has 16 nitrogen and oxygen atoms in total. The maximum Gasteiger partial charge on any atom is 0.190 e. The monoisotopic (exact) mass is 502 g/mol. The number of aromatic nitrogens is 4. The summed E-state index contributed by atoms with van der Waals surface area (Å²) in [5.74, 6) is -13.4. The molecule has 186 valence electrons. The van der Waals surface area contributed by atoms with Crippen LogP contribution in [0.2, 0.25) is 0 Å². The molecule has 0 saturated heterocycles. The van der Waals surface area contributed by atoms with Crippen molar-refractivity contribution in [2.75, 3.05) is 0 Å². The van der Waals surface area contributed by atoms with Crippen molar-refractivity contribution in [2.24, 2.45) is 0 Å². The van der Waals surface area contributed by atoms with Crippen molar-refractivity contribution in [3.05, 3.63) is 22.8 Å². The number of rotatable bonds is 0. The molecule has 0 amide bonds. The summed E-state index contributed by atoms with van der Waals surface area (Å²) in [6.45, 7) is 0. The van der Waals surface area contributed by atoms with Gasteiger partial charge in [-0.15, -0.1) is 0 Å². The van der Waals surface area contributed by atoms with E-state index in [0.29, 0.717) is 0 Å². The number of nitrogens with zero attached hydrogens (tertiary/aromatic N) is 2. The lowest BCUT2D eigenvalue weighted by atomic mass is 10.2. The van der Waals surface area contributed by atoms with Gasteiger partial charge < -0.3 is 71.2 Å². The van der Waals surface area contributed by atoms with Gasteiger partial charge in [0.1, 0.15) is 22.1 Å². The predicted molar refractivity (Wildman–Crippen MR) is 118 cm³/mol. The van der Waals surface area contributed by atoms with Crippen LogP contribution in [0.4, 0.5) is 0 Å². The average Bonchev–Trinajstić information content (AvgIpc) is 3.52. The molecule has 2 aliphatic heterocycles. The molecule has 3 aromatic rings. The second kappa shape index (κ2) is 6.86. The maximum atomic E-state index is 10.6. The standard InChI is InChI=1S/C20H14N4O12/c25-9-1-13(29)14(30)3(21-1)10(26)4-17(33)18(34)7(23-4)12(28)8-20(36)19(35)6(24-8)11(27)5-16(32)15(31)2(9)22-5/h21,24-36H. The van der Waals surface area contributed by atoms with Crippen molar-refractivity contribution in [3.63, 3.8) is 0 Å². The van der Waals surface area contributed by atoms with Crippen LogP contribution in [-0.4, -0.2) is 81.2 Å². The van der Waals surface area contributed by atoms with Crippen molar-refractivity contribution in [2.45, 2.75) is 0 Å². The van der Waals surface area contributed by atoms with E-state index in [0.717, 1.165) is 0 Å². The highest BCUT2D eigenvalue weighted by atomic mass is 16.3. The lowest BCUT2D eigenvalue weighted by molar-refractivity contribution is 0.408. The molecule has 0 spiro atoms. The van der Waals surface area contributed by atoms with Gasteiger partial charge in [0, 0.05) is 0 Å². The number of nitrogens with one attached hydrogen (secondary N) is 2. The molecule has 0 fully saturated rings.